The topological polar surface area (TPSA) is 134 Å². The molecule has 0 aromatic heterocycles. The number of halogens is 1. The zero-order valence-electron chi connectivity index (χ0n) is 12.5. The van der Waals surface area contributed by atoms with Gasteiger partial charge in [0.15, 0.2) is 0 Å². The molecule has 0 aliphatic carbocycles. The first-order valence-corrected chi connectivity index (χ1v) is 6.52. The van der Waals surface area contributed by atoms with Crippen molar-refractivity contribution in [1.82, 2.24) is 10.7 Å². The summed E-state index contributed by atoms with van der Waals surface area (Å²) in [6.45, 7) is 0.905. The highest BCUT2D eigenvalue weighted by atomic mass is 35.5. The van der Waals surface area contributed by atoms with Crippen LogP contribution in [-0.2, 0) is 20.8 Å². The molecule has 8 nitrogen and oxygen atoms in total. The SMILES string of the molecule is C.CC(=O)N/N=C/c1ccc(CC(N)C(=O)NCC(=O)O)cc1.Cl. The highest BCUT2D eigenvalue weighted by Crippen LogP contribution is 2.05. The van der Waals surface area contributed by atoms with Crippen LogP contribution in [0.25, 0.3) is 0 Å². The lowest BCUT2D eigenvalue weighted by atomic mass is 10.0. The molecule has 0 saturated heterocycles. The van der Waals surface area contributed by atoms with Crippen molar-refractivity contribution in [3.8, 4) is 0 Å². The molecule has 1 atom stereocenters. The van der Waals surface area contributed by atoms with Gasteiger partial charge in [0, 0.05) is 6.92 Å². The minimum atomic E-state index is -1.12. The number of rotatable bonds is 7. The van der Waals surface area contributed by atoms with Crippen molar-refractivity contribution < 1.29 is 19.5 Å². The summed E-state index contributed by atoms with van der Waals surface area (Å²) in [5.74, 6) is -1.90. The lowest BCUT2D eigenvalue weighted by Gasteiger charge is -2.11. The van der Waals surface area contributed by atoms with Crippen molar-refractivity contribution in [2.45, 2.75) is 26.8 Å². The van der Waals surface area contributed by atoms with E-state index in [9.17, 15) is 14.4 Å². The molecule has 9 heteroatoms. The third kappa shape index (κ3) is 9.54. The van der Waals surface area contributed by atoms with Crippen molar-refractivity contribution in [2.75, 3.05) is 6.54 Å². The lowest BCUT2D eigenvalue weighted by molar-refractivity contribution is -0.138. The molecule has 1 unspecified atom stereocenters. The van der Waals surface area contributed by atoms with Gasteiger partial charge in [0.25, 0.3) is 0 Å². The van der Waals surface area contributed by atoms with E-state index >= 15 is 0 Å². The number of nitrogens with zero attached hydrogens (tertiary/aromatic N) is 1. The Morgan fingerprint density at radius 1 is 1.29 bits per heavy atom. The number of amides is 2. The third-order valence-electron chi connectivity index (χ3n) is 2.62. The van der Waals surface area contributed by atoms with Crippen LogP contribution in [0.4, 0.5) is 0 Å². The maximum atomic E-state index is 11.6. The molecule has 0 radical (unpaired) electrons. The number of benzene rings is 1. The molecule has 134 valence electrons. The average molecular weight is 359 g/mol. The van der Waals surface area contributed by atoms with Gasteiger partial charge in [0.2, 0.25) is 11.8 Å². The van der Waals surface area contributed by atoms with Crippen LogP contribution in [0.2, 0.25) is 0 Å². The number of carbonyl (C=O) groups is 3. The van der Waals surface area contributed by atoms with E-state index in [-0.39, 0.29) is 32.2 Å². The summed E-state index contributed by atoms with van der Waals surface area (Å²) in [6.07, 6.45) is 1.78. The summed E-state index contributed by atoms with van der Waals surface area (Å²) in [5.41, 5.74) is 9.60. The van der Waals surface area contributed by atoms with Gasteiger partial charge in [-0.15, -0.1) is 12.4 Å². The first kappa shape index (κ1) is 23.8. The molecular formula is C15H23ClN4O4. The van der Waals surface area contributed by atoms with Crippen LogP contribution in [0.1, 0.15) is 25.5 Å². The number of hydrogen-bond donors (Lipinski definition) is 4. The minimum absolute atomic E-state index is 0. The second-order valence-corrected chi connectivity index (χ2v) is 4.59. The largest absolute Gasteiger partial charge is 0.480 e. The van der Waals surface area contributed by atoms with E-state index in [1.54, 1.807) is 24.3 Å². The summed E-state index contributed by atoms with van der Waals surface area (Å²) < 4.78 is 0. The van der Waals surface area contributed by atoms with Crippen LogP contribution < -0.4 is 16.5 Å². The summed E-state index contributed by atoms with van der Waals surface area (Å²) in [5, 5.41) is 14.4. The zero-order chi connectivity index (χ0) is 16.5. The number of aliphatic carboxylic acids is 1. The van der Waals surface area contributed by atoms with Crippen LogP contribution >= 0.6 is 12.4 Å². The van der Waals surface area contributed by atoms with E-state index in [0.29, 0.717) is 0 Å². The number of carboxylic acid groups (broad SMARTS) is 1. The van der Waals surface area contributed by atoms with Gasteiger partial charge in [-0.3, -0.25) is 14.4 Å². The highest BCUT2D eigenvalue weighted by molar-refractivity contribution is 5.86. The van der Waals surface area contributed by atoms with Gasteiger partial charge in [-0.25, -0.2) is 5.43 Å². The van der Waals surface area contributed by atoms with E-state index in [0.717, 1.165) is 11.1 Å². The Hall–Kier alpha value is -2.45. The van der Waals surface area contributed by atoms with Crippen molar-refractivity contribution in [1.29, 1.82) is 0 Å². The molecule has 1 aromatic rings. The fraction of sp³-hybridized carbons (Fsp3) is 0.333. The Balaban J connectivity index is 0. The molecule has 0 saturated carbocycles. The second-order valence-electron chi connectivity index (χ2n) is 4.59. The fourth-order valence-corrected chi connectivity index (χ4v) is 1.58. The molecule has 0 aliphatic heterocycles. The molecule has 0 spiro atoms. The summed E-state index contributed by atoms with van der Waals surface area (Å²) in [4.78, 5) is 32.6. The number of nitrogens with one attached hydrogen (secondary N) is 2. The number of nitrogens with two attached hydrogens (primary N) is 1. The van der Waals surface area contributed by atoms with Gasteiger partial charge >= 0.3 is 5.97 Å². The second kappa shape index (κ2) is 12.0. The van der Waals surface area contributed by atoms with Crippen molar-refractivity contribution in [2.24, 2.45) is 10.8 Å². The first-order valence-electron chi connectivity index (χ1n) is 6.52. The Kier molecular flexibility index (Phi) is 11.9. The Morgan fingerprint density at radius 3 is 2.38 bits per heavy atom. The normalized spacial score (nSPS) is 10.9. The number of carboxylic acids is 1. The Bertz CT molecular complexity index is 575. The van der Waals surface area contributed by atoms with Gasteiger partial charge in [-0.1, -0.05) is 31.7 Å². The molecular weight excluding hydrogens is 336 g/mol. The van der Waals surface area contributed by atoms with Gasteiger partial charge in [-0.05, 0) is 17.5 Å². The van der Waals surface area contributed by atoms with Crippen molar-refractivity contribution >= 4 is 36.4 Å². The minimum Gasteiger partial charge on any atom is -0.480 e. The zero-order valence-corrected chi connectivity index (χ0v) is 13.3. The highest BCUT2D eigenvalue weighted by Gasteiger charge is 2.14. The predicted octanol–water partition coefficient (Wildman–Crippen LogP) is 0.285. The number of hydrazone groups is 1. The maximum Gasteiger partial charge on any atom is 0.322 e. The van der Waals surface area contributed by atoms with E-state index < -0.39 is 24.5 Å². The van der Waals surface area contributed by atoms with Gasteiger partial charge in [0.05, 0.1) is 12.3 Å². The monoisotopic (exact) mass is 358 g/mol. The van der Waals surface area contributed by atoms with Crippen LogP contribution in [0.5, 0.6) is 0 Å². The van der Waals surface area contributed by atoms with Crippen molar-refractivity contribution in [3.05, 3.63) is 35.4 Å². The molecule has 5 N–H and O–H groups in total. The number of hydrogen-bond acceptors (Lipinski definition) is 5. The molecule has 0 aliphatic rings. The number of carbonyl (C=O) groups excluding carboxylic acids is 2. The van der Waals surface area contributed by atoms with Gasteiger partial charge in [0.1, 0.15) is 6.54 Å². The molecule has 0 heterocycles. The molecule has 2 amide bonds. The summed E-state index contributed by atoms with van der Waals surface area (Å²) >= 11 is 0. The molecule has 0 fully saturated rings. The van der Waals surface area contributed by atoms with Gasteiger partial charge < -0.3 is 16.2 Å². The van der Waals surface area contributed by atoms with E-state index in [4.69, 9.17) is 10.8 Å². The summed E-state index contributed by atoms with van der Waals surface area (Å²) in [6, 6.07) is 6.27. The third-order valence-corrected chi connectivity index (χ3v) is 2.62. The molecule has 1 rings (SSSR count). The van der Waals surface area contributed by atoms with Crippen LogP contribution in [-0.4, -0.2) is 41.7 Å². The Labute approximate surface area is 146 Å². The fourth-order valence-electron chi connectivity index (χ4n) is 1.58. The first-order chi connectivity index (χ1) is 10.4. The lowest BCUT2D eigenvalue weighted by Crippen LogP contribution is -2.43. The van der Waals surface area contributed by atoms with Gasteiger partial charge in [-0.2, -0.15) is 5.10 Å². The maximum absolute atomic E-state index is 11.6. The Morgan fingerprint density at radius 2 is 1.88 bits per heavy atom. The predicted molar refractivity (Wildman–Crippen MR) is 94.2 cm³/mol. The molecule has 24 heavy (non-hydrogen) atoms. The standard InChI is InChI=1S/C14H18N4O4.CH4.ClH/c1-9(19)18-17-7-11-4-2-10(3-5-11)6-12(15)14(22)16-8-13(20)21;;/h2-5,7,12H,6,8,15H2,1H3,(H,16,22)(H,18,19)(H,20,21);1H4;1H/b17-7+;;. The summed E-state index contributed by atoms with van der Waals surface area (Å²) in [7, 11) is 0. The quantitative estimate of drug-likeness (QED) is 0.410. The smallest absolute Gasteiger partial charge is 0.322 e. The molecule has 1 aromatic carbocycles. The average Bonchev–Trinajstić information content (AvgIpc) is 2.46. The van der Waals surface area contributed by atoms with E-state index in [1.807, 2.05) is 0 Å². The molecule has 0 bridgehead atoms. The van der Waals surface area contributed by atoms with E-state index in [1.165, 1.54) is 13.1 Å². The van der Waals surface area contributed by atoms with Crippen molar-refractivity contribution in [3.63, 3.8) is 0 Å². The van der Waals surface area contributed by atoms with Crippen LogP contribution in [0.15, 0.2) is 29.4 Å². The van der Waals surface area contributed by atoms with Crippen LogP contribution in [0.3, 0.4) is 0 Å². The van der Waals surface area contributed by atoms with E-state index in [2.05, 4.69) is 15.8 Å². The van der Waals surface area contributed by atoms with Crippen LogP contribution in [0, 0.1) is 0 Å².